The Morgan fingerprint density at radius 3 is 3.00 bits per heavy atom. The molecule has 0 aliphatic carbocycles. The van der Waals surface area contributed by atoms with Crippen LogP contribution in [-0.4, -0.2) is 23.5 Å². The van der Waals surface area contributed by atoms with Crippen LogP contribution in [0.4, 0.5) is 5.69 Å². The number of hydrogen-bond donors (Lipinski definition) is 2. The van der Waals surface area contributed by atoms with E-state index in [1.54, 1.807) is 18.3 Å². The Morgan fingerprint density at radius 1 is 1.50 bits per heavy atom. The van der Waals surface area contributed by atoms with Gasteiger partial charge in [-0.2, -0.15) is 0 Å². The number of rotatable bonds is 2. The zero-order chi connectivity index (χ0) is 11.4. The number of anilines is 1. The van der Waals surface area contributed by atoms with E-state index in [4.69, 9.17) is 11.6 Å². The number of nitrogens with zero attached hydrogens (tertiary/aromatic N) is 1. The number of nitrogens with one attached hydrogen (secondary N) is 2. The average Bonchev–Trinajstić information content (AvgIpc) is 2.33. The summed E-state index contributed by atoms with van der Waals surface area (Å²) in [7, 11) is 0. The van der Waals surface area contributed by atoms with Crippen molar-refractivity contribution in [2.75, 3.05) is 11.9 Å². The maximum absolute atomic E-state index is 11.8. The van der Waals surface area contributed by atoms with Crippen LogP contribution in [0.1, 0.15) is 19.3 Å². The van der Waals surface area contributed by atoms with E-state index in [0.29, 0.717) is 10.8 Å². The zero-order valence-electron chi connectivity index (χ0n) is 8.87. The SMILES string of the molecule is O=C(Nc1ccc(Cl)nc1)[C@H]1CCCCN1. The van der Waals surface area contributed by atoms with Crippen LogP contribution in [0.2, 0.25) is 5.15 Å². The van der Waals surface area contributed by atoms with Gasteiger partial charge in [-0.3, -0.25) is 4.79 Å². The number of hydrogen-bond acceptors (Lipinski definition) is 3. The molecule has 1 amide bonds. The molecule has 1 aromatic heterocycles. The lowest BCUT2D eigenvalue weighted by Gasteiger charge is -2.22. The lowest BCUT2D eigenvalue weighted by molar-refractivity contribution is -0.118. The first-order chi connectivity index (χ1) is 7.75. The summed E-state index contributed by atoms with van der Waals surface area (Å²) in [5, 5.41) is 6.43. The molecule has 1 atom stereocenters. The molecule has 0 radical (unpaired) electrons. The van der Waals surface area contributed by atoms with Crippen molar-refractivity contribution < 1.29 is 4.79 Å². The van der Waals surface area contributed by atoms with Crippen LogP contribution in [0.3, 0.4) is 0 Å². The fraction of sp³-hybridized carbons (Fsp3) is 0.455. The van der Waals surface area contributed by atoms with Gasteiger partial charge in [-0.15, -0.1) is 0 Å². The summed E-state index contributed by atoms with van der Waals surface area (Å²) in [6.45, 7) is 0.914. The summed E-state index contributed by atoms with van der Waals surface area (Å²) in [6.07, 6.45) is 4.70. The van der Waals surface area contributed by atoms with Crippen molar-refractivity contribution >= 4 is 23.2 Å². The van der Waals surface area contributed by atoms with E-state index in [1.165, 1.54) is 0 Å². The predicted molar refractivity (Wildman–Crippen MR) is 63.5 cm³/mol. The molecule has 1 aliphatic rings. The molecular weight excluding hydrogens is 226 g/mol. The number of piperidine rings is 1. The van der Waals surface area contributed by atoms with Crippen molar-refractivity contribution in [3.05, 3.63) is 23.5 Å². The van der Waals surface area contributed by atoms with Crippen LogP contribution in [0.25, 0.3) is 0 Å². The van der Waals surface area contributed by atoms with Crippen LogP contribution in [0.15, 0.2) is 18.3 Å². The average molecular weight is 240 g/mol. The summed E-state index contributed by atoms with van der Waals surface area (Å²) in [4.78, 5) is 15.7. The highest BCUT2D eigenvalue weighted by atomic mass is 35.5. The minimum atomic E-state index is -0.0792. The van der Waals surface area contributed by atoms with Crippen molar-refractivity contribution in [2.24, 2.45) is 0 Å². The van der Waals surface area contributed by atoms with Gasteiger partial charge in [0, 0.05) is 0 Å². The molecule has 0 spiro atoms. The molecule has 4 nitrogen and oxygen atoms in total. The molecule has 0 unspecified atom stereocenters. The summed E-state index contributed by atoms with van der Waals surface area (Å²) in [6, 6.07) is 3.33. The molecule has 16 heavy (non-hydrogen) atoms. The Hall–Kier alpha value is -1.13. The van der Waals surface area contributed by atoms with Crippen LogP contribution < -0.4 is 10.6 Å². The van der Waals surface area contributed by atoms with Gasteiger partial charge in [0.2, 0.25) is 5.91 Å². The minimum Gasteiger partial charge on any atom is -0.323 e. The Balaban J connectivity index is 1.93. The third-order valence-electron chi connectivity index (χ3n) is 2.62. The smallest absolute Gasteiger partial charge is 0.241 e. The van der Waals surface area contributed by atoms with Gasteiger partial charge in [0.15, 0.2) is 0 Å². The molecule has 2 N–H and O–H groups in total. The summed E-state index contributed by atoms with van der Waals surface area (Å²) in [5.74, 6) is 0.00354. The standard InChI is InChI=1S/C11H14ClN3O/c12-10-5-4-8(7-14-10)15-11(16)9-3-1-2-6-13-9/h4-5,7,9,13H,1-3,6H2,(H,15,16)/t9-/m1/s1. The van der Waals surface area contributed by atoms with Crippen molar-refractivity contribution in [3.63, 3.8) is 0 Å². The lowest BCUT2D eigenvalue weighted by Crippen LogP contribution is -2.43. The van der Waals surface area contributed by atoms with E-state index in [-0.39, 0.29) is 11.9 Å². The van der Waals surface area contributed by atoms with Crippen LogP contribution in [0.5, 0.6) is 0 Å². The van der Waals surface area contributed by atoms with E-state index in [9.17, 15) is 4.79 Å². The van der Waals surface area contributed by atoms with Crippen molar-refractivity contribution in [1.29, 1.82) is 0 Å². The van der Waals surface area contributed by atoms with Crippen molar-refractivity contribution in [1.82, 2.24) is 10.3 Å². The molecule has 86 valence electrons. The number of carbonyl (C=O) groups is 1. The molecule has 2 rings (SSSR count). The molecule has 1 fully saturated rings. The number of pyridine rings is 1. The Labute approximate surface area is 99.4 Å². The normalized spacial score (nSPS) is 20.4. The van der Waals surface area contributed by atoms with E-state index in [0.717, 1.165) is 25.8 Å². The fourth-order valence-electron chi connectivity index (χ4n) is 1.75. The molecule has 0 bridgehead atoms. The summed E-state index contributed by atoms with van der Waals surface area (Å²) >= 11 is 5.66. The van der Waals surface area contributed by atoms with Gasteiger partial charge in [0.1, 0.15) is 5.15 Å². The van der Waals surface area contributed by atoms with Gasteiger partial charge in [-0.05, 0) is 31.5 Å². The molecule has 0 aromatic carbocycles. The number of halogens is 1. The first kappa shape index (κ1) is 11.4. The number of carbonyl (C=O) groups excluding carboxylic acids is 1. The van der Waals surface area contributed by atoms with Gasteiger partial charge in [-0.1, -0.05) is 18.0 Å². The fourth-order valence-corrected chi connectivity index (χ4v) is 1.87. The van der Waals surface area contributed by atoms with Gasteiger partial charge in [-0.25, -0.2) is 4.98 Å². The second-order valence-corrected chi connectivity index (χ2v) is 4.25. The topological polar surface area (TPSA) is 54.0 Å². The van der Waals surface area contributed by atoms with Gasteiger partial charge < -0.3 is 10.6 Å². The van der Waals surface area contributed by atoms with E-state index >= 15 is 0 Å². The Kier molecular flexibility index (Phi) is 3.74. The number of aromatic nitrogens is 1. The van der Waals surface area contributed by atoms with Gasteiger partial charge >= 0.3 is 0 Å². The monoisotopic (exact) mass is 239 g/mol. The quantitative estimate of drug-likeness (QED) is 0.774. The van der Waals surface area contributed by atoms with Gasteiger partial charge in [0.05, 0.1) is 17.9 Å². The Morgan fingerprint density at radius 2 is 2.38 bits per heavy atom. The highest BCUT2D eigenvalue weighted by molar-refractivity contribution is 6.29. The second-order valence-electron chi connectivity index (χ2n) is 3.86. The van der Waals surface area contributed by atoms with E-state index in [2.05, 4.69) is 15.6 Å². The predicted octanol–water partition coefficient (Wildman–Crippen LogP) is 1.82. The highest BCUT2D eigenvalue weighted by Crippen LogP contribution is 2.12. The first-order valence-corrected chi connectivity index (χ1v) is 5.79. The maximum Gasteiger partial charge on any atom is 0.241 e. The van der Waals surface area contributed by atoms with E-state index in [1.807, 2.05) is 0 Å². The van der Waals surface area contributed by atoms with Crippen molar-refractivity contribution in [3.8, 4) is 0 Å². The largest absolute Gasteiger partial charge is 0.323 e. The molecule has 1 aliphatic heterocycles. The molecule has 1 aromatic rings. The summed E-state index contributed by atoms with van der Waals surface area (Å²) in [5.41, 5.74) is 0.682. The van der Waals surface area contributed by atoms with Crippen LogP contribution in [-0.2, 0) is 4.79 Å². The van der Waals surface area contributed by atoms with Crippen LogP contribution in [0, 0.1) is 0 Å². The maximum atomic E-state index is 11.8. The first-order valence-electron chi connectivity index (χ1n) is 5.41. The Bertz CT molecular complexity index is 360. The number of amides is 1. The molecule has 1 saturated heterocycles. The molecule has 0 saturated carbocycles. The lowest BCUT2D eigenvalue weighted by atomic mass is 10.0. The van der Waals surface area contributed by atoms with E-state index < -0.39 is 0 Å². The molecule has 2 heterocycles. The summed E-state index contributed by atoms with van der Waals surface area (Å²) < 4.78 is 0. The minimum absolute atomic E-state index is 0.00354. The zero-order valence-corrected chi connectivity index (χ0v) is 9.63. The third kappa shape index (κ3) is 2.93. The van der Waals surface area contributed by atoms with Crippen molar-refractivity contribution in [2.45, 2.75) is 25.3 Å². The molecule has 5 heteroatoms. The molecular formula is C11H14ClN3O. The highest BCUT2D eigenvalue weighted by Gasteiger charge is 2.20. The third-order valence-corrected chi connectivity index (χ3v) is 2.85. The van der Waals surface area contributed by atoms with Crippen LogP contribution >= 0.6 is 11.6 Å². The van der Waals surface area contributed by atoms with Gasteiger partial charge in [0.25, 0.3) is 0 Å². The second kappa shape index (κ2) is 5.27.